The Morgan fingerprint density at radius 2 is 2.00 bits per heavy atom. The number of carbonyl (C=O) groups excluding carboxylic acids is 1. The van der Waals surface area contributed by atoms with Gasteiger partial charge in [0.05, 0.1) is 6.54 Å². The second-order valence-electron chi connectivity index (χ2n) is 4.02. The minimum Gasteiger partial charge on any atom is -0.484 e. The summed E-state index contributed by atoms with van der Waals surface area (Å²) in [5, 5.41) is 10.9. The van der Waals surface area contributed by atoms with Gasteiger partial charge in [-0.25, -0.2) is 8.78 Å². The zero-order valence-electron chi connectivity index (χ0n) is 10.2. The van der Waals surface area contributed by atoms with E-state index < -0.39 is 25.0 Å². The number of amides is 1. The van der Waals surface area contributed by atoms with E-state index in [2.05, 4.69) is 5.32 Å². The number of halogens is 2. The van der Waals surface area contributed by atoms with Gasteiger partial charge in [-0.05, 0) is 17.7 Å². The Balaban J connectivity index is 2.38. The number of ether oxygens (including phenoxy) is 1. The topological polar surface area (TPSA) is 84.6 Å². The van der Waals surface area contributed by atoms with Gasteiger partial charge in [0.1, 0.15) is 12.4 Å². The lowest BCUT2D eigenvalue weighted by Gasteiger charge is -2.14. The van der Waals surface area contributed by atoms with Crippen LogP contribution in [0.5, 0.6) is 5.75 Å². The van der Waals surface area contributed by atoms with Crippen molar-refractivity contribution in [1.82, 2.24) is 5.32 Å². The molecule has 0 aliphatic heterocycles. The number of carbonyl (C=O) groups is 1. The Kier molecular flexibility index (Phi) is 5.65. The number of rotatable bonds is 8. The van der Waals surface area contributed by atoms with Crippen LogP contribution in [0.25, 0.3) is 0 Å². The van der Waals surface area contributed by atoms with Crippen molar-refractivity contribution in [3.63, 3.8) is 0 Å². The Labute approximate surface area is 109 Å². The average Bonchev–Trinajstić information content (AvgIpc) is 2.37. The molecule has 5 nitrogen and oxygen atoms in total. The molecule has 0 unspecified atom stereocenters. The molecule has 1 amide bonds. The van der Waals surface area contributed by atoms with Crippen LogP contribution in [0.1, 0.15) is 5.56 Å². The molecule has 0 spiro atoms. The third-order valence-electron chi connectivity index (χ3n) is 2.25. The molecule has 1 rings (SSSR count). The van der Waals surface area contributed by atoms with Crippen LogP contribution >= 0.6 is 0 Å². The fourth-order valence-electron chi connectivity index (χ4n) is 1.30. The van der Waals surface area contributed by atoms with Crippen molar-refractivity contribution in [2.45, 2.75) is 12.5 Å². The van der Waals surface area contributed by atoms with Crippen LogP contribution in [0.4, 0.5) is 8.78 Å². The number of aliphatic hydroxyl groups is 1. The molecule has 0 saturated heterocycles. The summed E-state index contributed by atoms with van der Waals surface area (Å²) in [6.45, 7) is -1.74. The molecule has 0 aliphatic rings. The number of alkyl halides is 2. The van der Waals surface area contributed by atoms with Crippen LogP contribution < -0.4 is 15.8 Å². The predicted octanol–water partition coefficient (Wildman–Crippen LogP) is 0.268. The minimum atomic E-state index is -3.12. The summed E-state index contributed by atoms with van der Waals surface area (Å²) in [7, 11) is 0. The van der Waals surface area contributed by atoms with E-state index in [9.17, 15) is 13.6 Å². The molecule has 0 saturated carbocycles. The van der Waals surface area contributed by atoms with E-state index in [1.807, 2.05) is 0 Å². The molecule has 4 N–H and O–H groups in total. The van der Waals surface area contributed by atoms with Crippen LogP contribution in [0.3, 0.4) is 0 Å². The second-order valence-corrected chi connectivity index (χ2v) is 4.02. The van der Waals surface area contributed by atoms with E-state index in [1.54, 1.807) is 24.3 Å². The van der Waals surface area contributed by atoms with E-state index in [4.69, 9.17) is 15.6 Å². The van der Waals surface area contributed by atoms with Crippen molar-refractivity contribution in [3.8, 4) is 5.75 Å². The number of hydrogen-bond donors (Lipinski definition) is 3. The Hall–Kier alpha value is -1.73. The van der Waals surface area contributed by atoms with Gasteiger partial charge in [0.15, 0.2) is 6.61 Å². The SMILES string of the molecule is NC(=O)COc1ccc(CNCC(F)(F)CO)cc1. The summed E-state index contributed by atoms with van der Waals surface area (Å²) in [5.41, 5.74) is 5.70. The molecular weight excluding hydrogens is 258 g/mol. The maximum atomic E-state index is 12.7. The van der Waals surface area contributed by atoms with Crippen LogP contribution in [0.2, 0.25) is 0 Å². The van der Waals surface area contributed by atoms with E-state index in [0.717, 1.165) is 5.56 Å². The van der Waals surface area contributed by atoms with Crippen LogP contribution in [-0.2, 0) is 11.3 Å². The van der Waals surface area contributed by atoms with Gasteiger partial charge in [-0.15, -0.1) is 0 Å². The van der Waals surface area contributed by atoms with Crippen molar-refractivity contribution in [1.29, 1.82) is 0 Å². The first-order valence-electron chi connectivity index (χ1n) is 5.62. The number of nitrogens with two attached hydrogens (primary N) is 1. The van der Waals surface area contributed by atoms with Crippen LogP contribution in [0, 0.1) is 0 Å². The summed E-state index contributed by atoms with van der Waals surface area (Å²) in [6.07, 6.45) is 0. The van der Waals surface area contributed by atoms with Gasteiger partial charge in [0.25, 0.3) is 11.8 Å². The van der Waals surface area contributed by atoms with Gasteiger partial charge in [0, 0.05) is 6.54 Å². The lowest BCUT2D eigenvalue weighted by molar-refractivity contribution is -0.119. The zero-order valence-corrected chi connectivity index (χ0v) is 10.2. The van der Waals surface area contributed by atoms with Crippen molar-refractivity contribution in [2.75, 3.05) is 19.8 Å². The predicted molar refractivity (Wildman–Crippen MR) is 64.9 cm³/mol. The molecule has 0 aromatic heterocycles. The minimum absolute atomic E-state index is 0.208. The molecule has 7 heteroatoms. The zero-order chi connectivity index (χ0) is 14.3. The lowest BCUT2D eigenvalue weighted by Crippen LogP contribution is -2.35. The largest absolute Gasteiger partial charge is 0.484 e. The number of aliphatic hydroxyl groups excluding tert-OH is 1. The maximum Gasteiger partial charge on any atom is 0.282 e. The van der Waals surface area contributed by atoms with Crippen molar-refractivity contribution < 1.29 is 23.4 Å². The van der Waals surface area contributed by atoms with Gasteiger partial charge in [0.2, 0.25) is 0 Å². The van der Waals surface area contributed by atoms with E-state index in [0.29, 0.717) is 5.75 Å². The Morgan fingerprint density at radius 3 is 2.53 bits per heavy atom. The van der Waals surface area contributed by atoms with Crippen molar-refractivity contribution in [3.05, 3.63) is 29.8 Å². The standard InChI is InChI=1S/C12H16F2N2O3/c13-12(14,8-17)7-16-5-9-1-3-10(4-2-9)19-6-11(15)18/h1-4,16-17H,5-8H2,(H2,15,18). The first-order valence-corrected chi connectivity index (χ1v) is 5.62. The second kappa shape index (κ2) is 7.01. The molecule has 0 fully saturated rings. The molecule has 1 aromatic rings. The average molecular weight is 274 g/mol. The normalized spacial score (nSPS) is 11.3. The molecule has 0 atom stereocenters. The third kappa shape index (κ3) is 6.12. The summed E-state index contributed by atoms with van der Waals surface area (Å²) >= 11 is 0. The summed E-state index contributed by atoms with van der Waals surface area (Å²) in [6, 6.07) is 6.59. The van der Waals surface area contributed by atoms with Crippen LogP contribution in [0.15, 0.2) is 24.3 Å². The van der Waals surface area contributed by atoms with E-state index in [-0.39, 0.29) is 13.2 Å². The fraction of sp³-hybridized carbons (Fsp3) is 0.417. The van der Waals surface area contributed by atoms with E-state index in [1.165, 1.54) is 0 Å². The van der Waals surface area contributed by atoms with Crippen molar-refractivity contribution >= 4 is 5.91 Å². The summed E-state index contributed by atoms with van der Waals surface area (Å²) in [5.74, 6) is -3.22. The first-order chi connectivity index (χ1) is 8.93. The van der Waals surface area contributed by atoms with Crippen LogP contribution in [-0.4, -0.2) is 36.7 Å². The first kappa shape index (κ1) is 15.3. The van der Waals surface area contributed by atoms with Gasteiger partial charge in [-0.1, -0.05) is 12.1 Å². The highest BCUT2D eigenvalue weighted by molar-refractivity contribution is 5.75. The molecule has 0 heterocycles. The monoisotopic (exact) mass is 274 g/mol. The highest BCUT2D eigenvalue weighted by atomic mass is 19.3. The lowest BCUT2D eigenvalue weighted by atomic mass is 10.2. The van der Waals surface area contributed by atoms with Gasteiger partial charge in [-0.2, -0.15) is 0 Å². The van der Waals surface area contributed by atoms with Gasteiger partial charge in [-0.3, -0.25) is 4.79 Å². The smallest absolute Gasteiger partial charge is 0.282 e. The quantitative estimate of drug-likeness (QED) is 0.635. The number of hydrogen-bond acceptors (Lipinski definition) is 4. The molecule has 1 aromatic carbocycles. The summed E-state index contributed by atoms with van der Waals surface area (Å²) < 4.78 is 30.5. The highest BCUT2D eigenvalue weighted by Gasteiger charge is 2.26. The molecule has 106 valence electrons. The summed E-state index contributed by atoms with van der Waals surface area (Å²) in [4.78, 5) is 10.5. The molecule has 0 radical (unpaired) electrons. The molecule has 0 bridgehead atoms. The maximum absolute atomic E-state index is 12.7. The third-order valence-corrected chi connectivity index (χ3v) is 2.25. The fourth-order valence-corrected chi connectivity index (χ4v) is 1.30. The van der Waals surface area contributed by atoms with Gasteiger partial charge < -0.3 is 20.9 Å². The number of primary amides is 1. The molecule has 19 heavy (non-hydrogen) atoms. The van der Waals surface area contributed by atoms with E-state index >= 15 is 0 Å². The molecule has 0 aliphatic carbocycles. The van der Waals surface area contributed by atoms with Crippen molar-refractivity contribution in [2.24, 2.45) is 5.73 Å². The number of nitrogens with one attached hydrogen (secondary N) is 1. The molecular formula is C12H16F2N2O3. The Morgan fingerprint density at radius 1 is 1.37 bits per heavy atom. The Bertz CT molecular complexity index is 410. The van der Waals surface area contributed by atoms with Gasteiger partial charge >= 0.3 is 0 Å². The number of benzene rings is 1. The highest BCUT2D eigenvalue weighted by Crippen LogP contribution is 2.13.